The van der Waals surface area contributed by atoms with E-state index < -0.39 is 0 Å². The SMILES string of the molecule is CCc1ccc(Oc2ccc(C=NN=C(N)N)cc2)cc1. The van der Waals surface area contributed by atoms with Crippen molar-refractivity contribution >= 4 is 12.2 Å². The van der Waals surface area contributed by atoms with Gasteiger partial charge in [-0.15, -0.1) is 5.10 Å². The van der Waals surface area contributed by atoms with E-state index >= 15 is 0 Å². The first-order valence-corrected chi connectivity index (χ1v) is 6.66. The van der Waals surface area contributed by atoms with Crippen molar-refractivity contribution in [3.05, 3.63) is 59.7 Å². The van der Waals surface area contributed by atoms with E-state index in [4.69, 9.17) is 16.2 Å². The van der Waals surface area contributed by atoms with Gasteiger partial charge < -0.3 is 16.2 Å². The normalized spacial score (nSPS) is 10.5. The van der Waals surface area contributed by atoms with Crippen molar-refractivity contribution in [3.63, 3.8) is 0 Å². The largest absolute Gasteiger partial charge is 0.457 e. The molecule has 0 saturated heterocycles. The van der Waals surface area contributed by atoms with Gasteiger partial charge >= 0.3 is 0 Å². The van der Waals surface area contributed by atoms with E-state index in [1.165, 1.54) is 5.56 Å². The molecule has 0 bridgehead atoms. The lowest BCUT2D eigenvalue weighted by molar-refractivity contribution is 0.482. The van der Waals surface area contributed by atoms with Gasteiger partial charge in [-0.05, 0) is 53.9 Å². The van der Waals surface area contributed by atoms with Gasteiger partial charge in [0.1, 0.15) is 11.5 Å². The first-order chi connectivity index (χ1) is 10.2. The molecule has 108 valence electrons. The topological polar surface area (TPSA) is 86.0 Å². The summed E-state index contributed by atoms with van der Waals surface area (Å²) < 4.78 is 5.76. The highest BCUT2D eigenvalue weighted by molar-refractivity contribution is 5.81. The Morgan fingerprint density at radius 3 is 2.10 bits per heavy atom. The highest BCUT2D eigenvalue weighted by Crippen LogP contribution is 2.21. The van der Waals surface area contributed by atoms with Gasteiger partial charge in [-0.25, -0.2) is 0 Å². The zero-order valence-corrected chi connectivity index (χ0v) is 11.9. The predicted octanol–water partition coefficient (Wildman–Crippen LogP) is 2.65. The van der Waals surface area contributed by atoms with Crippen molar-refractivity contribution < 1.29 is 4.74 Å². The summed E-state index contributed by atoms with van der Waals surface area (Å²) in [4.78, 5) is 0. The molecule has 0 aliphatic heterocycles. The summed E-state index contributed by atoms with van der Waals surface area (Å²) in [7, 11) is 0. The fraction of sp³-hybridized carbons (Fsp3) is 0.125. The minimum Gasteiger partial charge on any atom is -0.457 e. The summed E-state index contributed by atoms with van der Waals surface area (Å²) in [6, 6.07) is 15.5. The van der Waals surface area contributed by atoms with Crippen LogP contribution in [0.3, 0.4) is 0 Å². The van der Waals surface area contributed by atoms with Crippen molar-refractivity contribution in [2.75, 3.05) is 0 Å². The van der Waals surface area contributed by atoms with Gasteiger partial charge in [0.25, 0.3) is 0 Å². The number of nitrogens with two attached hydrogens (primary N) is 2. The van der Waals surface area contributed by atoms with Gasteiger partial charge in [0, 0.05) is 0 Å². The molecule has 2 aromatic carbocycles. The molecule has 2 aromatic rings. The van der Waals surface area contributed by atoms with Crippen LogP contribution in [0.25, 0.3) is 0 Å². The summed E-state index contributed by atoms with van der Waals surface area (Å²) >= 11 is 0. The van der Waals surface area contributed by atoms with Crippen LogP contribution in [0.4, 0.5) is 0 Å². The van der Waals surface area contributed by atoms with Crippen LogP contribution < -0.4 is 16.2 Å². The maximum absolute atomic E-state index is 5.76. The van der Waals surface area contributed by atoms with Crippen molar-refractivity contribution in [1.82, 2.24) is 0 Å². The molecule has 4 N–H and O–H groups in total. The van der Waals surface area contributed by atoms with Crippen LogP contribution in [0.2, 0.25) is 0 Å². The molecule has 0 spiro atoms. The minimum absolute atomic E-state index is 0.0678. The summed E-state index contributed by atoms with van der Waals surface area (Å²) in [5, 5.41) is 7.28. The molecule has 0 unspecified atom stereocenters. The van der Waals surface area contributed by atoms with Crippen molar-refractivity contribution in [2.24, 2.45) is 21.7 Å². The second kappa shape index (κ2) is 7.09. The maximum Gasteiger partial charge on any atom is 0.211 e. The Morgan fingerprint density at radius 2 is 1.57 bits per heavy atom. The van der Waals surface area contributed by atoms with Crippen LogP contribution in [0.15, 0.2) is 58.7 Å². The zero-order chi connectivity index (χ0) is 15.1. The molecule has 5 heteroatoms. The van der Waals surface area contributed by atoms with E-state index in [-0.39, 0.29) is 5.96 Å². The number of benzene rings is 2. The van der Waals surface area contributed by atoms with Gasteiger partial charge in [-0.2, -0.15) is 5.10 Å². The number of hydrogen-bond donors (Lipinski definition) is 2. The van der Waals surface area contributed by atoms with Crippen LogP contribution in [0.1, 0.15) is 18.1 Å². The van der Waals surface area contributed by atoms with Crippen LogP contribution >= 0.6 is 0 Å². The average molecular weight is 282 g/mol. The van der Waals surface area contributed by atoms with Crippen molar-refractivity contribution in [3.8, 4) is 11.5 Å². The summed E-state index contributed by atoms with van der Waals surface area (Å²) in [6.07, 6.45) is 2.59. The van der Waals surface area contributed by atoms with Gasteiger partial charge in [0.05, 0.1) is 6.21 Å². The Balaban J connectivity index is 2.01. The summed E-state index contributed by atoms with van der Waals surface area (Å²) in [5.41, 5.74) is 12.5. The molecule has 2 rings (SSSR count). The van der Waals surface area contributed by atoms with Gasteiger partial charge in [-0.1, -0.05) is 19.1 Å². The smallest absolute Gasteiger partial charge is 0.211 e. The lowest BCUT2D eigenvalue weighted by Gasteiger charge is -2.06. The molecule has 0 amide bonds. The number of hydrogen-bond acceptors (Lipinski definition) is 3. The van der Waals surface area contributed by atoms with Crippen LogP contribution in [-0.2, 0) is 6.42 Å². The third kappa shape index (κ3) is 4.65. The Hall–Kier alpha value is -2.82. The molecule has 21 heavy (non-hydrogen) atoms. The lowest BCUT2D eigenvalue weighted by atomic mass is 10.2. The average Bonchev–Trinajstić information content (AvgIpc) is 2.49. The number of aryl methyl sites for hydroxylation is 1. The second-order valence-corrected chi connectivity index (χ2v) is 4.44. The van der Waals surface area contributed by atoms with E-state index in [2.05, 4.69) is 29.3 Å². The summed E-state index contributed by atoms with van der Waals surface area (Å²) in [6.45, 7) is 2.12. The number of guanidine groups is 1. The third-order valence-electron chi connectivity index (χ3n) is 2.83. The fourth-order valence-corrected chi connectivity index (χ4v) is 1.71. The van der Waals surface area contributed by atoms with E-state index in [9.17, 15) is 0 Å². The standard InChI is InChI=1S/C16H18N4O/c1-2-12-3-7-14(8-4-12)21-15-9-5-13(6-10-15)11-19-20-16(17)18/h3-11H,2H2,1H3,(H4,17,18,20). The lowest BCUT2D eigenvalue weighted by Crippen LogP contribution is -2.21. The van der Waals surface area contributed by atoms with Crippen LogP contribution in [-0.4, -0.2) is 12.2 Å². The Labute approximate surface area is 124 Å². The quantitative estimate of drug-likeness (QED) is 0.502. The first kappa shape index (κ1) is 14.6. The van der Waals surface area contributed by atoms with Gasteiger partial charge in [-0.3, -0.25) is 0 Å². The number of rotatable bonds is 5. The van der Waals surface area contributed by atoms with Crippen molar-refractivity contribution in [2.45, 2.75) is 13.3 Å². The molecule has 0 heterocycles. The van der Waals surface area contributed by atoms with Gasteiger partial charge in [0.2, 0.25) is 5.96 Å². The molecule has 0 aromatic heterocycles. The second-order valence-electron chi connectivity index (χ2n) is 4.44. The molecular formula is C16H18N4O. The van der Waals surface area contributed by atoms with Gasteiger partial charge in [0.15, 0.2) is 0 Å². The first-order valence-electron chi connectivity index (χ1n) is 6.66. The predicted molar refractivity (Wildman–Crippen MR) is 85.7 cm³/mol. The maximum atomic E-state index is 5.76. The molecule has 5 nitrogen and oxygen atoms in total. The highest BCUT2D eigenvalue weighted by Gasteiger charge is 1.97. The zero-order valence-electron chi connectivity index (χ0n) is 11.9. The molecule has 0 aliphatic carbocycles. The molecule has 0 aliphatic rings. The molecule has 0 radical (unpaired) electrons. The van der Waals surface area contributed by atoms with E-state index in [0.29, 0.717) is 0 Å². The Bertz CT molecular complexity index is 626. The molecular weight excluding hydrogens is 264 g/mol. The molecule has 0 fully saturated rings. The van der Waals surface area contributed by atoms with Crippen LogP contribution in [0, 0.1) is 0 Å². The molecule has 0 atom stereocenters. The highest BCUT2D eigenvalue weighted by atomic mass is 16.5. The van der Waals surface area contributed by atoms with Crippen molar-refractivity contribution in [1.29, 1.82) is 0 Å². The van der Waals surface area contributed by atoms with E-state index in [1.54, 1.807) is 6.21 Å². The summed E-state index contributed by atoms with van der Waals surface area (Å²) in [5.74, 6) is 1.51. The third-order valence-corrected chi connectivity index (χ3v) is 2.83. The Morgan fingerprint density at radius 1 is 1.00 bits per heavy atom. The number of ether oxygens (including phenoxy) is 1. The monoisotopic (exact) mass is 282 g/mol. The fourth-order valence-electron chi connectivity index (χ4n) is 1.71. The molecule has 0 saturated carbocycles. The number of nitrogens with zero attached hydrogens (tertiary/aromatic N) is 2. The van der Waals surface area contributed by atoms with E-state index in [0.717, 1.165) is 23.5 Å². The Kier molecular flexibility index (Phi) is 4.93. The van der Waals surface area contributed by atoms with Crippen LogP contribution in [0.5, 0.6) is 11.5 Å². The minimum atomic E-state index is -0.0678. The van der Waals surface area contributed by atoms with E-state index in [1.807, 2.05) is 36.4 Å².